The summed E-state index contributed by atoms with van der Waals surface area (Å²) < 4.78 is 4.80. The van der Waals surface area contributed by atoms with Crippen molar-refractivity contribution in [3.63, 3.8) is 0 Å². The molecule has 0 radical (unpaired) electrons. The minimum absolute atomic E-state index is 0.105. The number of amides is 1. The normalized spacial score (nSPS) is 28.5. The number of aliphatic carboxylic acids is 1. The number of hydrogen-bond donors (Lipinski definition) is 1. The lowest BCUT2D eigenvalue weighted by molar-refractivity contribution is -0.145. The zero-order valence-corrected chi connectivity index (χ0v) is 7.10. The quantitative estimate of drug-likeness (QED) is 0.678. The van der Waals surface area contributed by atoms with Gasteiger partial charge in [0.05, 0.1) is 6.61 Å². The molecule has 0 aromatic heterocycles. The second kappa shape index (κ2) is 2.90. The second-order valence-electron chi connectivity index (χ2n) is 3.40. The van der Waals surface area contributed by atoms with E-state index < -0.39 is 18.1 Å². The summed E-state index contributed by atoms with van der Waals surface area (Å²) in [5.41, 5.74) is 0. The fourth-order valence-corrected chi connectivity index (χ4v) is 1.60. The zero-order valence-electron chi connectivity index (χ0n) is 7.10. The Balaban J connectivity index is 2.13. The van der Waals surface area contributed by atoms with Gasteiger partial charge in [-0.3, -0.25) is 4.90 Å². The lowest BCUT2D eigenvalue weighted by Crippen LogP contribution is -2.50. The van der Waals surface area contributed by atoms with Gasteiger partial charge in [0.2, 0.25) is 0 Å². The first-order valence-corrected chi connectivity index (χ1v) is 4.38. The van der Waals surface area contributed by atoms with Crippen molar-refractivity contribution >= 4 is 12.1 Å². The molecule has 5 heteroatoms. The molecule has 1 saturated carbocycles. The molecule has 0 spiro atoms. The summed E-state index contributed by atoms with van der Waals surface area (Å²) in [5.74, 6) is -0.927. The van der Waals surface area contributed by atoms with E-state index in [0.717, 1.165) is 12.8 Å². The Morgan fingerprint density at radius 1 is 1.46 bits per heavy atom. The van der Waals surface area contributed by atoms with Gasteiger partial charge in [0.15, 0.2) is 0 Å². The maximum Gasteiger partial charge on any atom is 0.410 e. The maximum atomic E-state index is 11.2. The molecule has 13 heavy (non-hydrogen) atoms. The molecular formula is C8H11NO4. The van der Waals surface area contributed by atoms with Crippen LogP contribution in [0.1, 0.15) is 19.3 Å². The molecule has 1 aliphatic heterocycles. The number of carboxylic acid groups (broad SMARTS) is 1. The summed E-state index contributed by atoms with van der Waals surface area (Å²) >= 11 is 0. The average Bonchev–Trinajstić information content (AvgIpc) is 2.86. The number of carbonyl (C=O) groups excluding carboxylic acids is 1. The van der Waals surface area contributed by atoms with Crippen molar-refractivity contribution in [2.75, 3.05) is 6.61 Å². The predicted octanol–water partition coefficient (Wildman–Crippen LogP) is 0.444. The van der Waals surface area contributed by atoms with Gasteiger partial charge >= 0.3 is 12.1 Å². The second-order valence-corrected chi connectivity index (χ2v) is 3.40. The molecule has 1 aliphatic carbocycles. The van der Waals surface area contributed by atoms with Crippen LogP contribution in [0.4, 0.5) is 4.79 Å². The maximum absolute atomic E-state index is 11.2. The van der Waals surface area contributed by atoms with Crippen LogP contribution in [0.2, 0.25) is 0 Å². The highest BCUT2D eigenvalue weighted by atomic mass is 16.6. The molecule has 0 aromatic rings. The monoisotopic (exact) mass is 185 g/mol. The van der Waals surface area contributed by atoms with Gasteiger partial charge in [-0.1, -0.05) is 0 Å². The van der Waals surface area contributed by atoms with E-state index in [1.165, 1.54) is 4.90 Å². The fourth-order valence-electron chi connectivity index (χ4n) is 1.60. The third-order valence-corrected chi connectivity index (χ3v) is 2.39. The SMILES string of the molecule is O=C(O)C1CCOC(=O)N1C1CC1. The summed E-state index contributed by atoms with van der Waals surface area (Å²) in [4.78, 5) is 23.4. The van der Waals surface area contributed by atoms with Gasteiger partial charge in [-0.05, 0) is 12.8 Å². The molecule has 2 fully saturated rings. The number of nitrogens with zero attached hydrogens (tertiary/aromatic N) is 1. The van der Waals surface area contributed by atoms with E-state index in [2.05, 4.69) is 0 Å². The first-order valence-electron chi connectivity index (χ1n) is 4.38. The topological polar surface area (TPSA) is 66.8 Å². The molecule has 1 heterocycles. The molecule has 1 N–H and O–H groups in total. The number of ether oxygens (including phenoxy) is 1. The summed E-state index contributed by atoms with van der Waals surface area (Å²) in [6.45, 7) is 0.221. The summed E-state index contributed by atoms with van der Waals surface area (Å²) in [5, 5.41) is 8.85. The molecule has 0 bridgehead atoms. The van der Waals surface area contributed by atoms with Crippen molar-refractivity contribution in [1.82, 2.24) is 4.90 Å². The molecular weight excluding hydrogens is 174 g/mol. The number of carbonyl (C=O) groups is 2. The lowest BCUT2D eigenvalue weighted by atomic mass is 10.1. The number of cyclic esters (lactones) is 1. The first kappa shape index (κ1) is 8.34. The van der Waals surface area contributed by atoms with Crippen molar-refractivity contribution in [3.8, 4) is 0 Å². The molecule has 1 amide bonds. The number of carboxylic acids is 1. The van der Waals surface area contributed by atoms with E-state index in [9.17, 15) is 9.59 Å². The van der Waals surface area contributed by atoms with E-state index in [1.807, 2.05) is 0 Å². The largest absolute Gasteiger partial charge is 0.480 e. The predicted molar refractivity (Wildman–Crippen MR) is 42.2 cm³/mol. The van der Waals surface area contributed by atoms with Crippen molar-refractivity contribution in [1.29, 1.82) is 0 Å². The summed E-state index contributed by atoms with van der Waals surface area (Å²) in [7, 11) is 0. The van der Waals surface area contributed by atoms with Gasteiger partial charge in [-0.25, -0.2) is 9.59 Å². The van der Waals surface area contributed by atoms with Crippen molar-refractivity contribution < 1.29 is 19.4 Å². The van der Waals surface area contributed by atoms with Gasteiger partial charge in [0.1, 0.15) is 6.04 Å². The Bertz CT molecular complexity index is 249. The minimum atomic E-state index is -0.927. The van der Waals surface area contributed by atoms with Gasteiger partial charge in [-0.15, -0.1) is 0 Å². The third-order valence-electron chi connectivity index (χ3n) is 2.39. The van der Waals surface area contributed by atoms with Crippen LogP contribution in [-0.4, -0.2) is 40.8 Å². The van der Waals surface area contributed by atoms with Crippen LogP contribution in [0.5, 0.6) is 0 Å². The van der Waals surface area contributed by atoms with Crippen molar-refractivity contribution in [2.45, 2.75) is 31.3 Å². The lowest BCUT2D eigenvalue weighted by Gasteiger charge is -2.32. The minimum Gasteiger partial charge on any atom is -0.480 e. The van der Waals surface area contributed by atoms with Gasteiger partial charge in [-0.2, -0.15) is 0 Å². The van der Waals surface area contributed by atoms with Crippen LogP contribution in [0.25, 0.3) is 0 Å². The fraction of sp³-hybridized carbons (Fsp3) is 0.750. The Kier molecular flexibility index (Phi) is 1.86. The molecule has 2 aliphatic rings. The third kappa shape index (κ3) is 1.46. The Labute approximate surface area is 75.3 Å². The molecule has 1 unspecified atom stereocenters. The van der Waals surface area contributed by atoms with E-state index >= 15 is 0 Å². The zero-order chi connectivity index (χ0) is 9.42. The molecule has 5 nitrogen and oxygen atoms in total. The molecule has 1 atom stereocenters. The smallest absolute Gasteiger partial charge is 0.410 e. The Morgan fingerprint density at radius 2 is 2.15 bits per heavy atom. The Hall–Kier alpha value is -1.26. The highest BCUT2D eigenvalue weighted by Gasteiger charge is 2.43. The molecule has 2 rings (SSSR count). The van der Waals surface area contributed by atoms with Crippen LogP contribution in [0, 0.1) is 0 Å². The highest BCUT2D eigenvalue weighted by Crippen LogP contribution is 2.31. The molecule has 0 aromatic carbocycles. The van der Waals surface area contributed by atoms with Gasteiger partial charge in [0.25, 0.3) is 0 Å². The molecule has 1 saturated heterocycles. The van der Waals surface area contributed by atoms with Crippen molar-refractivity contribution in [3.05, 3.63) is 0 Å². The van der Waals surface area contributed by atoms with Crippen LogP contribution in [0.15, 0.2) is 0 Å². The highest BCUT2D eigenvalue weighted by molar-refractivity contribution is 5.81. The van der Waals surface area contributed by atoms with Crippen molar-refractivity contribution in [2.24, 2.45) is 0 Å². The van der Waals surface area contributed by atoms with Gasteiger partial charge in [0, 0.05) is 12.5 Å². The first-order chi connectivity index (χ1) is 6.20. The van der Waals surface area contributed by atoms with Crippen LogP contribution < -0.4 is 0 Å². The number of rotatable bonds is 2. The van der Waals surface area contributed by atoms with Gasteiger partial charge < -0.3 is 9.84 Å². The standard InChI is InChI=1S/C8H11NO4/c10-7(11)6-3-4-13-8(12)9(6)5-1-2-5/h5-6H,1-4H2,(H,10,11). The van der Waals surface area contributed by atoms with E-state index in [1.54, 1.807) is 0 Å². The van der Waals surface area contributed by atoms with Crippen LogP contribution in [-0.2, 0) is 9.53 Å². The van der Waals surface area contributed by atoms with E-state index in [-0.39, 0.29) is 12.6 Å². The van der Waals surface area contributed by atoms with Crippen LogP contribution in [0.3, 0.4) is 0 Å². The molecule has 72 valence electrons. The summed E-state index contributed by atoms with van der Waals surface area (Å²) in [6, 6.07) is -0.567. The average molecular weight is 185 g/mol. The number of hydrogen-bond acceptors (Lipinski definition) is 3. The van der Waals surface area contributed by atoms with E-state index in [4.69, 9.17) is 9.84 Å². The Morgan fingerprint density at radius 3 is 2.69 bits per heavy atom. The van der Waals surface area contributed by atoms with E-state index in [0.29, 0.717) is 6.42 Å². The van der Waals surface area contributed by atoms with Crippen LogP contribution >= 0.6 is 0 Å². The summed E-state index contributed by atoms with van der Waals surface area (Å²) in [6.07, 6.45) is 1.73.